The van der Waals surface area contributed by atoms with Crippen LogP contribution in [-0.2, 0) is 19.6 Å². The molecule has 0 heterocycles. The molecule has 0 rings (SSSR count). The van der Waals surface area contributed by atoms with Gasteiger partial charge in [0.2, 0.25) is 0 Å². The Labute approximate surface area is 73.4 Å². The Morgan fingerprint density at radius 3 is 2.08 bits per heavy atom. The Hall–Kier alpha value is -0.760. The van der Waals surface area contributed by atoms with Gasteiger partial charge in [-0.3, -0.25) is 4.55 Å². The average molecular weight is 218 g/mol. The lowest BCUT2D eigenvalue weighted by atomic mass is 10.5. The van der Waals surface area contributed by atoms with Crippen molar-refractivity contribution in [3.8, 4) is 0 Å². The fourth-order valence-electron chi connectivity index (χ4n) is 0.388. The highest BCUT2D eigenvalue weighted by atomic mass is 32.2. The van der Waals surface area contributed by atoms with Crippen LogP contribution in [0.2, 0.25) is 0 Å². The number of esters is 1. The van der Waals surface area contributed by atoms with Gasteiger partial charge >= 0.3 is 21.3 Å². The van der Waals surface area contributed by atoms with Crippen molar-refractivity contribution in [2.45, 2.75) is 25.2 Å². The SMILES string of the molecule is CC(C)OC(=O)C(F)(F)S(=O)(=O)O. The molecule has 8 heteroatoms. The van der Waals surface area contributed by atoms with Gasteiger partial charge in [0.15, 0.2) is 0 Å². The van der Waals surface area contributed by atoms with Crippen molar-refractivity contribution in [3.05, 3.63) is 0 Å². The minimum atomic E-state index is -5.76. The summed E-state index contributed by atoms with van der Waals surface area (Å²) in [5.41, 5.74) is 0. The summed E-state index contributed by atoms with van der Waals surface area (Å²) in [5.74, 6) is -2.29. The Kier molecular flexibility index (Phi) is 3.34. The number of hydrogen-bond acceptors (Lipinski definition) is 4. The van der Waals surface area contributed by atoms with Crippen LogP contribution in [0.25, 0.3) is 0 Å². The van der Waals surface area contributed by atoms with Crippen LogP contribution in [0.4, 0.5) is 8.78 Å². The van der Waals surface area contributed by atoms with E-state index in [-0.39, 0.29) is 0 Å². The maximum Gasteiger partial charge on any atom is 0.465 e. The molecule has 0 aliphatic carbocycles. The van der Waals surface area contributed by atoms with E-state index in [1.165, 1.54) is 13.8 Å². The molecule has 13 heavy (non-hydrogen) atoms. The summed E-state index contributed by atoms with van der Waals surface area (Å²) in [7, 11) is -5.76. The predicted octanol–water partition coefficient (Wildman–Crippen LogP) is 0.419. The zero-order valence-electron chi connectivity index (χ0n) is 6.82. The van der Waals surface area contributed by atoms with Gasteiger partial charge < -0.3 is 4.74 Å². The molecule has 0 aliphatic rings. The van der Waals surface area contributed by atoms with Crippen LogP contribution in [0, 0.1) is 0 Å². The molecule has 0 saturated carbocycles. The number of carbonyl (C=O) groups is 1. The Balaban J connectivity index is 4.77. The van der Waals surface area contributed by atoms with Crippen LogP contribution in [-0.4, -0.2) is 30.3 Å². The van der Waals surface area contributed by atoms with Gasteiger partial charge in [-0.2, -0.15) is 17.2 Å². The van der Waals surface area contributed by atoms with Gasteiger partial charge in [-0.15, -0.1) is 0 Å². The van der Waals surface area contributed by atoms with Crippen LogP contribution >= 0.6 is 0 Å². The molecule has 0 amide bonds. The lowest BCUT2D eigenvalue weighted by Gasteiger charge is -2.13. The summed E-state index contributed by atoms with van der Waals surface area (Å²) in [6, 6.07) is 0. The van der Waals surface area contributed by atoms with Gasteiger partial charge in [-0.05, 0) is 13.8 Å². The van der Waals surface area contributed by atoms with E-state index in [0.717, 1.165) is 0 Å². The fraction of sp³-hybridized carbons (Fsp3) is 0.800. The Bertz CT molecular complexity index is 294. The zero-order chi connectivity index (χ0) is 10.9. The molecule has 0 radical (unpaired) electrons. The molecule has 0 fully saturated rings. The first-order valence-electron chi connectivity index (χ1n) is 3.15. The van der Waals surface area contributed by atoms with Crippen LogP contribution in [0.3, 0.4) is 0 Å². The van der Waals surface area contributed by atoms with Gasteiger partial charge in [0.05, 0.1) is 6.10 Å². The van der Waals surface area contributed by atoms with E-state index in [2.05, 4.69) is 4.74 Å². The molecule has 0 aromatic rings. The average Bonchev–Trinajstić information content (AvgIpc) is 1.82. The molecule has 0 saturated heterocycles. The third-order valence-corrected chi connectivity index (χ3v) is 1.72. The number of hydrogen-bond donors (Lipinski definition) is 1. The number of rotatable bonds is 3. The summed E-state index contributed by atoms with van der Waals surface area (Å²) in [6.07, 6.45) is -0.889. The normalized spacial score (nSPS) is 13.1. The first-order valence-corrected chi connectivity index (χ1v) is 4.59. The van der Waals surface area contributed by atoms with Crippen molar-refractivity contribution >= 4 is 16.1 Å². The highest BCUT2D eigenvalue weighted by Gasteiger charge is 2.54. The lowest BCUT2D eigenvalue weighted by Crippen LogP contribution is -2.39. The summed E-state index contributed by atoms with van der Waals surface area (Å²) in [4.78, 5) is 10.4. The Morgan fingerprint density at radius 1 is 1.46 bits per heavy atom. The van der Waals surface area contributed by atoms with Crippen LogP contribution in [0.1, 0.15) is 13.8 Å². The van der Waals surface area contributed by atoms with E-state index in [0.29, 0.717) is 0 Å². The zero-order valence-corrected chi connectivity index (χ0v) is 7.64. The highest BCUT2D eigenvalue weighted by molar-refractivity contribution is 7.87. The maximum absolute atomic E-state index is 12.4. The van der Waals surface area contributed by atoms with Crippen molar-refractivity contribution in [1.29, 1.82) is 0 Å². The van der Waals surface area contributed by atoms with E-state index >= 15 is 0 Å². The molecule has 0 atom stereocenters. The molecule has 0 unspecified atom stereocenters. The van der Waals surface area contributed by atoms with E-state index in [9.17, 15) is 22.0 Å². The highest BCUT2D eigenvalue weighted by Crippen LogP contribution is 2.22. The summed E-state index contributed by atoms with van der Waals surface area (Å²) < 4.78 is 56.6. The Morgan fingerprint density at radius 2 is 1.85 bits per heavy atom. The fourth-order valence-corrected chi connectivity index (χ4v) is 0.647. The monoisotopic (exact) mass is 218 g/mol. The van der Waals surface area contributed by atoms with E-state index in [4.69, 9.17) is 4.55 Å². The first-order chi connectivity index (χ1) is 5.59. The van der Waals surface area contributed by atoms with Gasteiger partial charge in [-0.1, -0.05) is 0 Å². The molecule has 0 aromatic carbocycles. The molecule has 0 spiro atoms. The van der Waals surface area contributed by atoms with E-state index in [1.54, 1.807) is 0 Å². The molecule has 0 bridgehead atoms. The molecular formula is C5H8F2O5S. The molecule has 1 N–H and O–H groups in total. The minimum Gasteiger partial charge on any atom is -0.458 e. The van der Waals surface area contributed by atoms with Crippen molar-refractivity contribution in [1.82, 2.24) is 0 Å². The van der Waals surface area contributed by atoms with Crippen LogP contribution in [0.5, 0.6) is 0 Å². The summed E-state index contributed by atoms with van der Waals surface area (Å²) in [5, 5.41) is -4.91. The second-order valence-corrected chi connectivity index (χ2v) is 3.91. The largest absolute Gasteiger partial charge is 0.465 e. The number of alkyl halides is 2. The summed E-state index contributed by atoms with van der Waals surface area (Å²) in [6.45, 7) is 2.52. The lowest BCUT2D eigenvalue weighted by molar-refractivity contribution is -0.165. The standard InChI is InChI=1S/C5H8F2O5S/c1-3(2)12-4(8)5(6,7)13(9,10)11/h3H,1-2H3,(H,9,10,11). The molecular weight excluding hydrogens is 210 g/mol. The topological polar surface area (TPSA) is 80.7 Å². The smallest absolute Gasteiger partial charge is 0.458 e. The van der Waals surface area contributed by atoms with Crippen molar-refractivity contribution < 1.29 is 31.3 Å². The maximum atomic E-state index is 12.4. The number of ether oxygens (including phenoxy) is 1. The van der Waals surface area contributed by atoms with E-state index in [1.807, 2.05) is 0 Å². The quantitative estimate of drug-likeness (QED) is 0.548. The van der Waals surface area contributed by atoms with Gasteiger partial charge in [0, 0.05) is 0 Å². The molecule has 78 valence electrons. The summed E-state index contributed by atoms with van der Waals surface area (Å²) >= 11 is 0. The van der Waals surface area contributed by atoms with Crippen molar-refractivity contribution in [2.75, 3.05) is 0 Å². The molecule has 0 aromatic heterocycles. The third-order valence-electron chi connectivity index (χ3n) is 0.904. The third kappa shape index (κ3) is 2.88. The minimum absolute atomic E-state index is 0.889. The van der Waals surface area contributed by atoms with Gasteiger partial charge in [0.1, 0.15) is 0 Å². The second kappa shape index (κ2) is 3.54. The first kappa shape index (κ1) is 12.2. The van der Waals surface area contributed by atoms with Gasteiger partial charge in [-0.25, -0.2) is 4.79 Å². The van der Waals surface area contributed by atoms with Crippen molar-refractivity contribution in [2.24, 2.45) is 0 Å². The predicted molar refractivity (Wildman–Crippen MR) is 37.7 cm³/mol. The van der Waals surface area contributed by atoms with Crippen LogP contribution < -0.4 is 0 Å². The van der Waals surface area contributed by atoms with Crippen molar-refractivity contribution in [3.63, 3.8) is 0 Å². The second-order valence-electron chi connectivity index (χ2n) is 2.45. The van der Waals surface area contributed by atoms with Crippen LogP contribution in [0.15, 0.2) is 0 Å². The number of carbonyl (C=O) groups excluding carboxylic acids is 1. The molecule has 5 nitrogen and oxygen atoms in total. The van der Waals surface area contributed by atoms with Gasteiger partial charge in [0.25, 0.3) is 0 Å². The van der Waals surface area contributed by atoms with E-state index < -0.39 is 27.4 Å². The molecule has 0 aliphatic heterocycles. The number of halogens is 2.